The topological polar surface area (TPSA) is 81.1 Å². The molecule has 7 nitrogen and oxygen atoms in total. The summed E-state index contributed by atoms with van der Waals surface area (Å²) >= 11 is 0. The number of nitrogens with one attached hydrogen (secondary N) is 2. The van der Waals surface area contributed by atoms with Gasteiger partial charge in [-0.3, -0.25) is 0 Å². The Labute approximate surface area is 129 Å². The number of benzene rings is 1. The third kappa shape index (κ3) is 4.29. The molecule has 2 rings (SSSR count). The number of aryl methyl sites for hydroxylation is 1. The fourth-order valence-electron chi connectivity index (χ4n) is 2.17. The SMILES string of the molecule is COCc1cccc(CNC(=O)N[C@@H](C)c2nncn2C)c1. The van der Waals surface area contributed by atoms with Gasteiger partial charge in [-0.25, -0.2) is 4.79 Å². The maximum atomic E-state index is 11.9. The van der Waals surface area contributed by atoms with Crippen LogP contribution >= 0.6 is 0 Å². The van der Waals surface area contributed by atoms with Crippen LogP contribution in [0.2, 0.25) is 0 Å². The number of methoxy groups -OCH3 is 1. The molecule has 0 aliphatic carbocycles. The summed E-state index contributed by atoms with van der Waals surface area (Å²) in [5.41, 5.74) is 2.10. The van der Waals surface area contributed by atoms with Crippen LogP contribution in [0.4, 0.5) is 4.79 Å². The quantitative estimate of drug-likeness (QED) is 0.848. The first-order valence-electron chi connectivity index (χ1n) is 7.05. The average molecular weight is 303 g/mol. The summed E-state index contributed by atoms with van der Waals surface area (Å²) in [5, 5.41) is 13.4. The molecule has 1 heterocycles. The van der Waals surface area contributed by atoms with Crippen molar-refractivity contribution in [3.8, 4) is 0 Å². The van der Waals surface area contributed by atoms with Gasteiger partial charge in [0.2, 0.25) is 0 Å². The van der Waals surface area contributed by atoms with Crippen LogP contribution < -0.4 is 10.6 Å². The normalized spacial score (nSPS) is 12.0. The van der Waals surface area contributed by atoms with E-state index in [9.17, 15) is 4.79 Å². The number of carbonyl (C=O) groups excluding carboxylic acids is 1. The van der Waals surface area contributed by atoms with E-state index in [0.29, 0.717) is 19.0 Å². The standard InChI is InChI=1S/C15H21N5O2/c1-11(14-19-17-10-20(14)2)18-15(21)16-8-12-5-4-6-13(7-12)9-22-3/h4-7,10-11H,8-9H2,1-3H3,(H2,16,18,21)/t11-/m0/s1. The first-order valence-corrected chi connectivity index (χ1v) is 7.05. The summed E-state index contributed by atoms with van der Waals surface area (Å²) in [6.07, 6.45) is 1.60. The molecule has 0 radical (unpaired) electrons. The molecule has 118 valence electrons. The number of urea groups is 1. The van der Waals surface area contributed by atoms with Crippen LogP contribution in [0.3, 0.4) is 0 Å². The Morgan fingerprint density at radius 2 is 2.18 bits per heavy atom. The Balaban J connectivity index is 1.85. The van der Waals surface area contributed by atoms with Crippen molar-refractivity contribution >= 4 is 6.03 Å². The third-order valence-corrected chi connectivity index (χ3v) is 3.24. The third-order valence-electron chi connectivity index (χ3n) is 3.24. The number of ether oxygens (including phenoxy) is 1. The van der Waals surface area contributed by atoms with Gasteiger partial charge in [-0.05, 0) is 18.1 Å². The molecule has 0 unspecified atom stereocenters. The van der Waals surface area contributed by atoms with Crippen LogP contribution in [-0.2, 0) is 24.9 Å². The number of rotatable bonds is 6. The zero-order chi connectivity index (χ0) is 15.9. The van der Waals surface area contributed by atoms with Crippen molar-refractivity contribution in [2.75, 3.05) is 7.11 Å². The van der Waals surface area contributed by atoms with Gasteiger partial charge < -0.3 is 19.9 Å². The number of amides is 2. The molecule has 2 amide bonds. The summed E-state index contributed by atoms with van der Waals surface area (Å²) in [6, 6.07) is 7.45. The van der Waals surface area contributed by atoms with E-state index in [1.807, 2.05) is 38.2 Å². The van der Waals surface area contributed by atoms with Crippen molar-refractivity contribution in [2.45, 2.75) is 26.1 Å². The van der Waals surface area contributed by atoms with E-state index in [-0.39, 0.29) is 12.1 Å². The monoisotopic (exact) mass is 303 g/mol. The van der Waals surface area contributed by atoms with Crippen molar-refractivity contribution in [1.82, 2.24) is 25.4 Å². The van der Waals surface area contributed by atoms with E-state index in [1.54, 1.807) is 18.0 Å². The summed E-state index contributed by atoms with van der Waals surface area (Å²) in [7, 11) is 3.50. The van der Waals surface area contributed by atoms with Crippen molar-refractivity contribution in [2.24, 2.45) is 7.05 Å². The van der Waals surface area contributed by atoms with Crippen LogP contribution in [0.25, 0.3) is 0 Å². The van der Waals surface area contributed by atoms with E-state index in [1.165, 1.54) is 0 Å². The van der Waals surface area contributed by atoms with Crippen LogP contribution in [0.5, 0.6) is 0 Å². The molecule has 0 fully saturated rings. The number of carbonyl (C=O) groups is 1. The molecule has 1 aromatic carbocycles. The van der Waals surface area contributed by atoms with Crippen LogP contribution in [-0.4, -0.2) is 27.9 Å². The molecule has 2 N–H and O–H groups in total. The molecule has 2 aromatic rings. The molecule has 22 heavy (non-hydrogen) atoms. The number of aromatic nitrogens is 3. The highest BCUT2D eigenvalue weighted by Crippen LogP contribution is 2.08. The fraction of sp³-hybridized carbons (Fsp3) is 0.400. The predicted molar refractivity (Wildman–Crippen MR) is 81.9 cm³/mol. The molecule has 0 aliphatic rings. The maximum absolute atomic E-state index is 11.9. The first kappa shape index (κ1) is 16.0. The highest BCUT2D eigenvalue weighted by Gasteiger charge is 2.13. The Morgan fingerprint density at radius 3 is 2.86 bits per heavy atom. The molecule has 0 aliphatic heterocycles. The van der Waals surface area contributed by atoms with Crippen LogP contribution in [0.1, 0.15) is 29.9 Å². The van der Waals surface area contributed by atoms with E-state index in [4.69, 9.17) is 4.74 Å². The van der Waals surface area contributed by atoms with Gasteiger partial charge in [-0.1, -0.05) is 24.3 Å². The second-order valence-electron chi connectivity index (χ2n) is 5.10. The Hall–Kier alpha value is -2.41. The van der Waals surface area contributed by atoms with Gasteiger partial charge in [0.15, 0.2) is 5.82 Å². The van der Waals surface area contributed by atoms with Gasteiger partial charge in [0.1, 0.15) is 6.33 Å². The van der Waals surface area contributed by atoms with Crippen LogP contribution in [0.15, 0.2) is 30.6 Å². The molecule has 1 aromatic heterocycles. The number of nitrogens with zero attached hydrogens (tertiary/aromatic N) is 3. The zero-order valence-electron chi connectivity index (χ0n) is 13.0. The lowest BCUT2D eigenvalue weighted by Gasteiger charge is -2.14. The fourth-order valence-corrected chi connectivity index (χ4v) is 2.17. The molecular formula is C15H21N5O2. The second kappa shape index (κ2) is 7.56. The lowest BCUT2D eigenvalue weighted by atomic mass is 10.1. The Kier molecular flexibility index (Phi) is 5.48. The Morgan fingerprint density at radius 1 is 1.41 bits per heavy atom. The predicted octanol–water partition coefficient (Wildman–Crippen LogP) is 1.52. The first-order chi connectivity index (χ1) is 10.6. The second-order valence-corrected chi connectivity index (χ2v) is 5.10. The molecule has 0 saturated carbocycles. The summed E-state index contributed by atoms with van der Waals surface area (Å²) < 4.78 is 6.88. The minimum absolute atomic E-state index is 0.215. The minimum Gasteiger partial charge on any atom is -0.380 e. The van der Waals surface area contributed by atoms with Crippen LogP contribution in [0, 0.1) is 0 Å². The number of hydrogen-bond donors (Lipinski definition) is 2. The van der Waals surface area contributed by atoms with E-state index in [2.05, 4.69) is 20.8 Å². The van der Waals surface area contributed by atoms with Gasteiger partial charge in [0, 0.05) is 20.7 Å². The van der Waals surface area contributed by atoms with Crippen molar-refractivity contribution in [3.05, 3.63) is 47.5 Å². The number of hydrogen-bond acceptors (Lipinski definition) is 4. The smallest absolute Gasteiger partial charge is 0.315 e. The van der Waals surface area contributed by atoms with E-state index in [0.717, 1.165) is 11.1 Å². The van der Waals surface area contributed by atoms with Gasteiger partial charge in [-0.2, -0.15) is 0 Å². The van der Waals surface area contributed by atoms with Gasteiger partial charge >= 0.3 is 6.03 Å². The highest BCUT2D eigenvalue weighted by molar-refractivity contribution is 5.74. The van der Waals surface area contributed by atoms with Crippen molar-refractivity contribution in [3.63, 3.8) is 0 Å². The Bertz CT molecular complexity index is 626. The largest absolute Gasteiger partial charge is 0.380 e. The summed E-state index contributed by atoms with van der Waals surface area (Å²) in [5.74, 6) is 0.706. The molecule has 0 saturated heterocycles. The molecule has 0 bridgehead atoms. The molecule has 7 heteroatoms. The van der Waals surface area contributed by atoms with Gasteiger partial charge in [-0.15, -0.1) is 10.2 Å². The molecule has 1 atom stereocenters. The van der Waals surface area contributed by atoms with E-state index < -0.39 is 0 Å². The molecule has 0 spiro atoms. The van der Waals surface area contributed by atoms with Gasteiger partial charge in [0.25, 0.3) is 0 Å². The summed E-state index contributed by atoms with van der Waals surface area (Å²) in [6.45, 7) is 2.88. The molecular weight excluding hydrogens is 282 g/mol. The maximum Gasteiger partial charge on any atom is 0.315 e. The zero-order valence-corrected chi connectivity index (χ0v) is 13.0. The average Bonchev–Trinajstić information content (AvgIpc) is 2.92. The summed E-state index contributed by atoms with van der Waals surface area (Å²) in [4.78, 5) is 11.9. The highest BCUT2D eigenvalue weighted by atomic mass is 16.5. The lowest BCUT2D eigenvalue weighted by molar-refractivity contribution is 0.185. The van der Waals surface area contributed by atoms with Crippen molar-refractivity contribution in [1.29, 1.82) is 0 Å². The lowest BCUT2D eigenvalue weighted by Crippen LogP contribution is -2.37. The minimum atomic E-state index is -0.243. The van der Waals surface area contributed by atoms with E-state index >= 15 is 0 Å². The van der Waals surface area contributed by atoms with Crippen molar-refractivity contribution < 1.29 is 9.53 Å². The van der Waals surface area contributed by atoms with Gasteiger partial charge in [0.05, 0.1) is 12.6 Å².